The molecule has 0 bridgehead atoms. The van der Waals surface area contributed by atoms with Gasteiger partial charge in [0.15, 0.2) is 0 Å². The first-order valence-electron chi connectivity index (χ1n) is 12.2. The summed E-state index contributed by atoms with van der Waals surface area (Å²) in [7, 11) is 1.75. The molecule has 0 radical (unpaired) electrons. The number of unbranched alkanes of at least 4 members (excludes halogenated alkanes) is 1. The van der Waals surface area contributed by atoms with Crippen LogP contribution in [0, 0.1) is 0 Å². The highest BCUT2D eigenvalue weighted by molar-refractivity contribution is 7.99. The summed E-state index contributed by atoms with van der Waals surface area (Å²) in [5.41, 5.74) is 2.80. The molecule has 0 spiro atoms. The zero-order valence-electron chi connectivity index (χ0n) is 19.9. The van der Waals surface area contributed by atoms with Crippen LogP contribution in [-0.4, -0.2) is 62.2 Å². The number of piperazine rings is 1. The van der Waals surface area contributed by atoms with E-state index in [2.05, 4.69) is 59.2 Å². The summed E-state index contributed by atoms with van der Waals surface area (Å²) in [6.45, 7) is 7.81. The Balaban J connectivity index is 1.36. The largest absolute Gasteiger partial charge is 0.497 e. The third kappa shape index (κ3) is 6.31. The first kappa shape index (κ1) is 24.1. The van der Waals surface area contributed by atoms with Crippen molar-refractivity contribution in [2.45, 2.75) is 54.9 Å². The molecule has 178 valence electrons. The number of esters is 1. The van der Waals surface area contributed by atoms with E-state index in [4.69, 9.17) is 9.47 Å². The molecule has 2 heterocycles. The highest BCUT2D eigenvalue weighted by Gasteiger charge is 2.30. The van der Waals surface area contributed by atoms with E-state index in [-0.39, 0.29) is 5.97 Å². The molecule has 4 rings (SSSR count). The second kappa shape index (κ2) is 11.9. The number of ether oxygens (including phenoxy) is 2. The van der Waals surface area contributed by atoms with Crippen LogP contribution in [0.4, 0.5) is 0 Å². The Morgan fingerprint density at radius 1 is 1.06 bits per heavy atom. The third-order valence-corrected chi connectivity index (χ3v) is 7.86. The molecular weight excluding hydrogens is 432 g/mol. The quantitative estimate of drug-likeness (QED) is 0.373. The monoisotopic (exact) mass is 468 g/mol. The number of methoxy groups -OCH3 is 1. The highest BCUT2D eigenvalue weighted by Crippen LogP contribution is 2.44. The maximum absolute atomic E-state index is 11.7. The Hall–Kier alpha value is -2.02. The molecule has 0 N–H and O–H groups in total. The van der Waals surface area contributed by atoms with Gasteiger partial charge in [0.1, 0.15) is 5.75 Å². The zero-order valence-corrected chi connectivity index (χ0v) is 20.7. The van der Waals surface area contributed by atoms with Gasteiger partial charge in [-0.3, -0.25) is 9.69 Å². The number of hydrogen-bond donors (Lipinski definition) is 0. The first-order chi connectivity index (χ1) is 16.2. The molecule has 1 fully saturated rings. The molecule has 6 heteroatoms. The third-order valence-electron chi connectivity index (χ3n) is 6.65. The fourth-order valence-electron chi connectivity index (χ4n) is 4.71. The van der Waals surface area contributed by atoms with E-state index in [1.807, 2.05) is 11.8 Å². The van der Waals surface area contributed by atoms with E-state index >= 15 is 0 Å². The maximum atomic E-state index is 11.7. The number of nitrogens with zero attached hydrogens (tertiary/aromatic N) is 2. The lowest BCUT2D eigenvalue weighted by molar-refractivity contribution is -0.144. The Morgan fingerprint density at radius 2 is 1.88 bits per heavy atom. The lowest BCUT2D eigenvalue weighted by Gasteiger charge is -2.39. The van der Waals surface area contributed by atoms with Crippen molar-refractivity contribution in [1.82, 2.24) is 9.80 Å². The van der Waals surface area contributed by atoms with Crippen LogP contribution in [-0.2, 0) is 16.0 Å². The van der Waals surface area contributed by atoms with Crippen LogP contribution >= 0.6 is 11.8 Å². The topological polar surface area (TPSA) is 42.0 Å². The van der Waals surface area contributed by atoms with Gasteiger partial charge in [0.05, 0.1) is 13.7 Å². The van der Waals surface area contributed by atoms with Crippen molar-refractivity contribution in [3.8, 4) is 5.75 Å². The summed E-state index contributed by atoms with van der Waals surface area (Å²) in [5, 5.41) is 0. The smallest absolute Gasteiger partial charge is 0.305 e. The van der Waals surface area contributed by atoms with Gasteiger partial charge in [0, 0.05) is 55.0 Å². The summed E-state index contributed by atoms with van der Waals surface area (Å²) in [6.07, 6.45) is 4.43. The van der Waals surface area contributed by atoms with Crippen molar-refractivity contribution in [2.24, 2.45) is 0 Å². The molecule has 0 aliphatic carbocycles. The van der Waals surface area contributed by atoms with Crippen LogP contribution in [0.15, 0.2) is 52.3 Å². The minimum absolute atomic E-state index is 0.0534. The van der Waals surface area contributed by atoms with E-state index < -0.39 is 0 Å². The molecule has 2 aromatic carbocycles. The first-order valence-corrected chi connectivity index (χ1v) is 13.0. The number of rotatable bonds is 9. The predicted molar refractivity (Wildman–Crippen MR) is 133 cm³/mol. The molecule has 0 saturated carbocycles. The van der Waals surface area contributed by atoms with E-state index in [1.54, 1.807) is 7.11 Å². The average Bonchev–Trinajstić information content (AvgIpc) is 3.02. The molecule has 1 atom stereocenters. The molecule has 2 aliphatic rings. The molecule has 0 amide bonds. The number of carbonyl (C=O) groups is 1. The van der Waals surface area contributed by atoms with Crippen LogP contribution in [0.5, 0.6) is 5.75 Å². The van der Waals surface area contributed by atoms with Crippen LogP contribution < -0.4 is 4.74 Å². The molecule has 2 aliphatic heterocycles. The summed E-state index contributed by atoms with van der Waals surface area (Å²) >= 11 is 1.88. The van der Waals surface area contributed by atoms with Crippen molar-refractivity contribution in [2.75, 3.05) is 46.4 Å². The lowest BCUT2D eigenvalue weighted by Crippen LogP contribution is -2.48. The number of hydrogen-bond acceptors (Lipinski definition) is 6. The Labute approximate surface area is 202 Å². The van der Waals surface area contributed by atoms with Gasteiger partial charge in [0.25, 0.3) is 0 Å². The highest BCUT2D eigenvalue weighted by atomic mass is 32.2. The summed E-state index contributed by atoms with van der Waals surface area (Å²) < 4.78 is 10.9. The Bertz CT molecular complexity index is 927. The summed E-state index contributed by atoms with van der Waals surface area (Å²) in [6, 6.07) is 15.7. The van der Waals surface area contributed by atoms with Gasteiger partial charge in [-0.2, -0.15) is 0 Å². The van der Waals surface area contributed by atoms with Gasteiger partial charge >= 0.3 is 5.97 Å². The molecular formula is C27H36N2O3S. The SMILES string of the molecule is CCCCC(=O)OCCCN1CCN(C2Cc3ccccc3Sc3ccc(OC)cc32)CC1. The van der Waals surface area contributed by atoms with Gasteiger partial charge in [-0.05, 0) is 54.7 Å². The fourth-order valence-corrected chi connectivity index (χ4v) is 5.82. The van der Waals surface area contributed by atoms with E-state index in [0.717, 1.165) is 64.2 Å². The molecule has 2 aromatic rings. The van der Waals surface area contributed by atoms with Gasteiger partial charge in [-0.25, -0.2) is 0 Å². The van der Waals surface area contributed by atoms with Crippen molar-refractivity contribution in [3.63, 3.8) is 0 Å². The van der Waals surface area contributed by atoms with Crippen LogP contribution in [0.1, 0.15) is 49.8 Å². The standard InChI is InChI=1S/C27H36N2O3S/c1-3-4-10-27(30)32-18-7-13-28-14-16-29(17-15-28)24-19-21-8-5-6-9-25(21)33-26-12-11-22(31-2)20-23(24)26/h5-6,8-9,11-12,20,24H,3-4,7,10,13-19H2,1-2H3. The lowest BCUT2D eigenvalue weighted by atomic mass is 9.96. The van der Waals surface area contributed by atoms with Crippen LogP contribution in [0.25, 0.3) is 0 Å². The Morgan fingerprint density at radius 3 is 2.67 bits per heavy atom. The van der Waals surface area contributed by atoms with E-state index in [9.17, 15) is 4.79 Å². The van der Waals surface area contributed by atoms with Crippen LogP contribution in [0.3, 0.4) is 0 Å². The zero-order chi connectivity index (χ0) is 23.0. The van der Waals surface area contributed by atoms with Crippen molar-refractivity contribution < 1.29 is 14.3 Å². The van der Waals surface area contributed by atoms with Gasteiger partial charge in [-0.1, -0.05) is 43.3 Å². The second-order valence-electron chi connectivity index (χ2n) is 8.89. The number of benzene rings is 2. The minimum Gasteiger partial charge on any atom is -0.497 e. The fraction of sp³-hybridized carbons (Fsp3) is 0.519. The molecule has 5 nitrogen and oxygen atoms in total. The van der Waals surface area contributed by atoms with E-state index in [0.29, 0.717) is 19.1 Å². The summed E-state index contributed by atoms with van der Waals surface area (Å²) in [4.78, 5) is 19.5. The number of carbonyl (C=O) groups excluding carboxylic acids is 1. The van der Waals surface area contributed by atoms with Gasteiger partial charge in [0.2, 0.25) is 0 Å². The normalized spacial score (nSPS) is 18.8. The molecule has 1 unspecified atom stereocenters. The maximum Gasteiger partial charge on any atom is 0.305 e. The van der Waals surface area contributed by atoms with Gasteiger partial charge in [-0.15, -0.1) is 0 Å². The van der Waals surface area contributed by atoms with Crippen molar-refractivity contribution >= 4 is 17.7 Å². The van der Waals surface area contributed by atoms with Gasteiger partial charge < -0.3 is 14.4 Å². The molecule has 1 saturated heterocycles. The van der Waals surface area contributed by atoms with Crippen molar-refractivity contribution in [1.29, 1.82) is 0 Å². The number of fused-ring (bicyclic) bond motifs is 2. The van der Waals surface area contributed by atoms with E-state index in [1.165, 1.54) is 20.9 Å². The van der Waals surface area contributed by atoms with Crippen molar-refractivity contribution in [3.05, 3.63) is 53.6 Å². The minimum atomic E-state index is -0.0534. The second-order valence-corrected chi connectivity index (χ2v) is 9.97. The van der Waals surface area contributed by atoms with Crippen LogP contribution in [0.2, 0.25) is 0 Å². The Kier molecular flexibility index (Phi) is 8.70. The molecule has 0 aromatic heterocycles. The average molecular weight is 469 g/mol. The molecule has 33 heavy (non-hydrogen) atoms. The predicted octanol–water partition coefficient (Wildman–Crippen LogP) is 5.18. The summed E-state index contributed by atoms with van der Waals surface area (Å²) in [5.74, 6) is 0.875.